The largest absolute Gasteiger partial charge is 0.384 e. The number of benzene rings is 1. The minimum atomic E-state index is -3.58. The predicted molar refractivity (Wildman–Crippen MR) is 87.2 cm³/mol. The summed E-state index contributed by atoms with van der Waals surface area (Å²) in [5.74, 6) is 0.0230. The van der Waals surface area contributed by atoms with Gasteiger partial charge in [0.15, 0.2) is 0 Å². The summed E-state index contributed by atoms with van der Waals surface area (Å²) >= 11 is 0. The van der Waals surface area contributed by atoms with Crippen molar-refractivity contribution in [2.75, 3.05) is 33.4 Å². The Hall–Kier alpha value is -1.02. The van der Waals surface area contributed by atoms with E-state index in [1.54, 1.807) is 7.11 Å². The third kappa shape index (κ3) is 5.53. The van der Waals surface area contributed by atoms with E-state index < -0.39 is 15.8 Å². The zero-order valence-electron chi connectivity index (χ0n) is 13.7. The van der Waals surface area contributed by atoms with E-state index in [-0.39, 0.29) is 10.9 Å². The molecule has 0 bridgehead atoms. The zero-order chi connectivity index (χ0) is 16.9. The lowest BCUT2D eigenvalue weighted by molar-refractivity contribution is 0.116. The molecule has 1 aliphatic heterocycles. The fourth-order valence-electron chi connectivity index (χ4n) is 2.91. The third-order valence-corrected chi connectivity index (χ3v) is 5.59. The summed E-state index contributed by atoms with van der Waals surface area (Å²) in [5.41, 5.74) is 0. The molecule has 1 heterocycles. The molecule has 7 heteroatoms. The maximum Gasteiger partial charge on any atom is 0.240 e. The van der Waals surface area contributed by atoms with Gasteiger partial charge >= 0.3 is 0 Å². The number of nitrogens with one attached hydrogen (secondary N) is 1. The van der Waals surface area contributed by atoms with E-state index in [2.05, 4.69) is 16.5 Å². The van der Waals surface area contributed by atoms with Gasteiger partial charge in [-0.3, -0.25) is 0 Å². The number of halogens is 1. The number of nitrogens with zero attached hydrogens (tertiary/aromatic N) is 1. The van der Waals surface area contributed by atoms with Crippen LogP contribution in [0.25, 0.3) is 0 Å². The minimum absolute atomic E-state index is 0.0703. The molecule has 2 rings (SSSR count). The quantitative estimate of drug-likeness (QED) is 0.820. The van der Waals surface area contributed by atoms with Crippen LogP contribution in [0.3, 0.4) is 0 Å². The van der Waals surface area contributed by atoms with Gasteiger partial charge in [-0.15, -0.1) is 0 Å². The van der Waals surface area contributed by atoms with Crippen molar-refractivity contribution in [3.05, 3.63) is 30.1 Å². The second-order valence-electron chi connectivity index (χ2n) is 6.21. The third-order valence-electron chi connectivity index (χ3n) is 4.05. The fourth-order valence-corrected chi connectivity index (χ4v) is 4.22. The van der Waals surface area contributed by atoms with Gasteiger partial charge in [0, 0.05) is 26.3 Å². The first kappa shape index (κ1) is 18.3. The molecular formula is C16H25FN2O3S. The van der Waals surface area contributed by atoms with Crippen LogP contribution in [0.15, 0.2) is 29.2 Å². The summed E-state index contributed by atoms with van der Waals surface area (Å²) in [7, 11) is -1.88. The van der Waals surface area contributed by atoms with E-state index in [9.17, 15) is 12.8 Å². The van der Waals surface area contributed by atoms with Crippen molar-refractivity contribution in [2.24, 2.45) is 5.92 Å². The molecule has 1 aliphatic rings. The van der Waals surface area contributed by atoms with Gasteiger partial charge < -0.3 is 9.64 Å². The molecule has 1 N–H and O–H groups in total. The second kappa shape index (κ2) is 8.19. The number of methoxy groups -OCH3 is 1. The molecule has 1 saturated heterocycles. The SMILES string of the molecule is COC[C@H](C)CN1CCC(NS(=O)(=O)c2ccc(F)cc2)CC1. The van der Waals surface area contributed by atoms with Crippen LogP contribution in [-0.4, -0.2) is 52.7 Å². The maximum atomic E-state index is 12.9. The standard InChI is InChI=1S/C16H25FN2O3S/c1-13(12-22-2)11-19-9-7-15(8-10-19)18-23(20,21)16-5-3-14(17)4-6-16/h3-6,13,15,18H,7-12H2,1-2H3/t13-/m1/s1. The van der Waals surface area contributed by atoms with Crippen LogP contribution in [0, 0.1) is 11.7 Å². The lowest BCUT2D eigenvalue weighted by Gasteiger charge is -2.33. The van der Waals surface area contributed by atoms with Crippen LogP contribution in [-0.2, 0) is 14.8 Å². The topological polar surface area (TPSA) is 58.6 Å². The van der Waals surface area contributed by atoms with E-state index in [0.717, 1.165) is 51.2 Å². The molecule has 1 aromatic rings. The Morgan fingerprint density at radius 1 is 1.30 bits per heavy atom. The summed E-state index contributed by atoms with van der Waals surface area (Å²) in [4.78, 5) is 2.45. The average Bonchev–Trinajstić information content (AvgIpc) is 2.50. The second-order valence-corrected chi connectivity index (χ2v) is 7.92. The lowest BCUT2D eigenvalue weighted by atomic mass is 10.0. The summed E-state index contributed by atoms with van der Waals surface area (Å²) in [6.45, 7) is 5.57. The highest BCUT2D eigenvalue weighted by Crippen LogP contribution is 2.16. The molecule has 0 aromatic heterocycles. The highest BCUT2D eigenvalue weighted by atomic mass is 32.2. The Bertz CT molecular complexity index is 584. The summed E-state index contributed by atoms with van der Waals surface area (Å²) < 4.78 is 45.4. The van der Waals surface area contributed by atoms with Crippen molar-refractivity contribution in [3.63, 3.8) is 0 Å². The molecule has 1 aromatic carbocycles. The first-order valence-electron chi connectivity index (χ1n) is 7.90. The van der Waals surface area contributed by atoms with Crippen molar-refractivity contribution in [2.45, 2.75) is 30.7 Å². The van der Waals surface area contributed by atoms with Crippen molar-refractivity contribution in [1.82, 2.24) is 9.62 Å². The van der Waals surface area contributed by atoms with Gasteiger partial charge in [-0.2, -0.15) is 0 Å². The molecule has 23 heavy (non-hydrogen) atoms. The Morgan fingerprint density at radius 3 is 2.48 bits per heavy atom. The van der Waals surface area contributed by atoms with Crippen molar-refractivity contribution in [3.8, 4) is 0 Å². The average molecular weight is 344 g/mol. The van der Waals surface area contributed by atoms with Gasteiger partial charge in [-0.25, -0.2) is 17.5 Å². The number of rotatable bonds is 7. The minimum Gasteiger partial charge on any atom is -0.384 e. The molecule has 0 saturated carbocycles. The molecule has 0 unspecified atom stereocenters. The lowest BCUT2D eigenvalue weighted by Crippen LogP contribution is -2.45. The van der Waals surface area contributed by atoms with Crippen LogP contribution in [0.1, 0.15) is 19.8 Å². The fraction of sp³-hybridized carbons (Fsp3) is 0.625. The van der Waals surface area contributed by atoms with Crippen LogP contribution in [0.4, 0.5) is 4.39 Å². The molecule has 5 nitrogen and oxygen atoms in total. The van der Waals surface area contributed by atoms with Gasteiger partial charge in [0.05, 0.1) is 4.90 Å². The first-order valence-corrected chi connectivity index (χ1v) is 9.38. The predicted octanol–water partition coefficient (Wildman–Crippen LogP) is 1.85. The van der Waals surface area contributed by atoms with Gasteiger partial charge in [0.25, 0.3) is 0 Å². The smallest absolute Gasteiger partial charge is 0.240 e. The Morgan fingerprint density at radius 2 is 1.91 bits per heavy atom. The van der Waals surface area contributed by atoms with Crippen LogP contribution >= 0.6 is 0 Å². The van der Waals surface area contributed by atoms with Gasteiger partial charge in [-0.05, 0) is 56.1 Å². The normalized spacial score (nSPS) is 18.9. The van der Waals surface area contributed by atoms with E-state index in [1.165, 1.54) is 12.1 Å². The molecule has 130 valence electrons. The highest BCUT2D eigenvalue weighted by Gasteiger charge is 2.25. The number of likely N-dealkylation sites (tertiary alicyclic amines) is 1. The zero-order valence-corrected chi connectivity index (χ0v) is 14.5. The summed E-state index contributed by atoms with van der Waals surface area (Å²) in [5, 5.41) is 0. The number of sulfonamides is 1. The molecule has 1 atom stereocenters. The van der Waals surface area contributed by atoms with Crippen LogP contribution in [0.5, 0.6) is 0 Å². The van der Waals surface area contributed by atoms with Crippen LogP contribution in [0.2, 0.25) is 0 Å². The van der Waals surface area contributed by atoms with Crippen LogP contribution < -0.4 is 4.72 Å². The Kier molecular flexibility index (Phi) is 6.52. The number of hydrogen-bond donors (Lipinski definition) is 1. The van der Waals surface area contributed by atoms with Gasteiger partial charge in [0.2, 0.25) is 10.0 Å². The maximum absolute atomic E-state index is 12.9. The van der Waals surface area contributed by atoms with Crippen molar-refractivity contribution in [1.29, 1.82) is 0 Å². The molecular weight excluding hydrogens is 319 g/mol. The van der Waals surface area contributed by atoms with Crippen molar-refractivity contribution >= 4 is 10.0 Å². The Labute approximate surface area is 137 Å². The summed E-state index contributed by atoms with van der Waals surface area (Å²) in [6, 6.07) is 4.83. The van der Waals surface area contributed by atoms with Gasteiger partial charge in [0.1, 0.15) is 5.82 Å². The molecule has 0 amide bonds. The molecule has 0 aliphatic carbocycles. The molecule has 0 radical (unpaired) electrons. The monoisotopic (exact) mass is 344 g/mol. The molecule has 0 spiro atoms. The number of ether oxygens (including phenoxy) is 1. The van der Waals surface area contributed by atoms with E-state index in [4.69, 9.17) is 4.74 Å². The number of hydrogen-bond acceptors (Lipinski definition) is 4. The summed E-state index contributed by atoms with van der Waals surface area (Å²) in [6.07, 6.45) is 1.56. The highest BCUT2D eigenvalue weighted by molar-refractivity contribution is 7.89. The first-order chi connectivity index (χ1) is 10.9. The van der Waals surface area contributed by atoms with E-state index in [1.807, 2.05) is 0 Å². The van der Waals surface area contributed by atoms with Gasteiger partial charge in [-0.1, -0.05) is 6.92 Å². The van der Waals surface area contributed by atoms with E-state index >= 15 is 0 Å². The Balaban J connectivity index is 1.85. The van der Waals surface area contributed by atoms with E-state index in [0.29, 0.717) is 5.92 Å². The molecule has 1 fully saturated rings. The van der Waals surface area contributed by atoms with Crippen molar-refractivity contribution < 1.29 is 17.5 Å². The number of piperidine rings is 1.